The summed E-state index contributed by atoms with van der Waals surface area (Å²) in [6.45, 7) is 1.86. The van der Waals surface area contributed by atoms with Gasteiger partial charge in [-0.3, -0.25) is 4.79 Å². The van der Waals surface area contributed by atoms with Gasteiger partial charge in [0.25, 0.3) is 0 Å². The molecule has 0 saturated heterocycles. The Morgan fingerprint density at radius 3 is 2.80 bits per heavy atom. The molecule has 0 aromatic heterocycles. The summed E-state index contributed by atoms with van der Waals surface area (Å²) in [5.41, 5.74) is 0. The molecular formula is C6H9NO2S. The number of nitrogens with zero attached hydrogens (tertiary/aromatic N) is 1. The van der Waals surface area contributed by atoms with Gasteiger partial charge < -0.3 is 5.11 Å². The molecule has 0 amide bonds. The number of carboxylic acids is 1. The molecule has 0 aliphatic rings. The lowest BCUT2D eigenvalue weighted by atomic mass is 10.2. The molecule has 0 spiro atoms. The van der Waals surface area contributed by atoms with E-state index in [4.69, 9.17) is 5.11 Å². The highest BCUT2D eigenvalue weighted by Gasteiger charge is 2.07. The summed E-state index contributed by atoms with van der Waals surface area (Å²) in [6, 6.07) is -0.199. The van der Waals surface area contributed by atoms with E-state index in [1.807, 2.05) is 6.92 Å². The Morgan fingerprint density at radius 2 is 2.50 bits per heavy atom. The lowest BCUT2D eigenvalue weighted by molar-refractivity contribution is -0.137. The molecule has 1 N–H and O–H groups in total. The van der Waals surface area contributed by atoms with Crippen molar-refractivity contribution in [2.24, 2.45) is 4.99 Å². The van der Waals surface area contributed by atoms with Gasteiger partial charge in [0.1, 0.15) is 0 Å². The number of carboxylic acid groups (broad SMARTS) is 1. The van der Waals surface area contributed by atoms with Crippen LogP contribution in [0.25, 0.3) is 0 Å². The van der Waals surface area contributed by atoms with Crippen LogP contribution in [-0.2, 0) is 4.79 Å². The van der Waals surface area contributed by atoms with Crippen LogP contribution in [0.4, 0.5) is 0 Å². The van der Waals surface area contributed by atoms with Crippen LogP contribution >= 0.6 is 12.2 Å². The van der Waals surface area contributed by atoms with E-state index >= 15 is 0 Å². The highest BCUT2D eigenvalue weighted by molar-refractivity contribution is 7.78. The number of hydrogen-bond acceptors (Lipinski definition) is 3. The van der Waals surface area contributed by atoms with Crippen LogP contribution in [0.15, 0.2) is 4.99 Å². The van der Waals surface area contributed by atoms with Crippen molar-refractivity contribution in [3.8, 4) is 0 Å². The van der Waals surface area contributed by atoms with Gasteiger partial charge in [-0.1, -0.05) is 6.92 Å². The van der Waals surface area contributed by atoms with E-state index in [2.05, 4.69) is 22.4 Å². The second-order valence-electron chi connectivity index (χ2n) is 1.88. The fraction of sp³-hybridized carbons (Fsp3) is 0.667. The maximum atomic E-state index is 10.1. The van der Waals surface area contributed by atoms with Crippen LogP contribution in [0, 0.1) is 0 Å². The summed E-state index contributed by atoms with van der Waals surface area (Å²) in [7, 11) is 0. The largest absolute Gasteiger partial charge is 0.481 e. The average molecular weight is 159 g/mol. The van der Waals surface area contributed by atoms with Crippen molar-refractivity contribution in [1.82, 2.24) is 0 Å². The van der Waals surface area contributed by atoms with Crippen molar-refractivity contribution in [1.29, 1.82) is 0 Å². The first-order chi connectivity index (χ1) is 4.70. The van der Waals surface area contributed by atoms with Crippen molar-refractivity contribution in [2.75, 3.05) is 0 Å². The molecule has 0 heterocycles. The zero-order valence-electron chi connectivity index (χ0n) is 5.70. The van der Waals surface area contributed by atoms with Crippen LogP contribution in [0.5, 0.6) is 0 Å². The number of aliphatic imine (C=N–C) groups is 1. The third kappa shape index (κ3) is 4.18. The van der Waals surface area contributed by atoms with Crippen LogP contribution in [-0.4, -0.2) is 22.3 Å². The highest BCUT2D eigenvalue weighted by atomic mass is 32.1. The third-order valence-electron chi connectivity index (χ3n) is 1.12. The van der Waals surface area contributed by atoms with Crippen molar-refractivity contribution in [3.05, 3.63) is 0 Å². The lowest BCUT2D eigenvalue weighted by Gasteiger charge is -2.01. The smallest absolute Gasteiger partial charge is 0.305 e. The molecule has 0 aromatic rings. The number of hydrogen-bond donors (Lipinski definition) is 1. The molecule has 0 aromatic carbocycles. The molecule has 0 fully saturated rings. The van der Waals surface area contributed by atoms with E-state index in [0.29, 0.717) is 6.42 Å². The Kier molecular flexibility index (Phi) is 4.72. The van der Waals surface area contributed by atoms with E-state index in [1.54, 1.807) is 0 Å². The Balaban J connectivity index is 3.82. The molecule has 0 radical (unpaired) electrons. The van der Waals surface area contributed by atoms with E-state index in [1.165, 1.54) is 0 Å². The second kappa shape index (κ2) is 5.09. The molecule has 1 atom stereocenters. The molecule has 1 unspecified atom stereocenters. The van der Waals surface area contributed by atoms with Gasteiger partial charge in [-0.05, 0) is 18.6 Å². The molecule has 0 rings (SSSR count). The molecule has 3 nitrogen and oxygen atoms in total. The van der Waals surface area contributed by atoms with Gasteiger partial charge in [0.15, 0.2) is 0 Å². The minimum absolute atomic E-state index is 0.0418. The highest BCUT2D eigenvalue weighted by Crippen LogP contribution is 2.01. The summed E-state index contributed by atoms with van der Waals surface area (Å²) in [4.78, 5) is 13.8. The van der Waals surface area contributed by atoms with E-state index < -0.39 is 5.97 Å². The molecule has 0 bridgehead atoms. The third-order valence-corrected chi connectivity index (χ3v) is 1.22. The first-order valence-corrected chi connectivity index (χ1v) is 3.40. The predicted molar refractivity (Wildman–Crippen MR) is 41.4 cm³/mol. The Morgan fingerprint density at radius 1 is 1.90 bits per heavy atom. The summed E-state index contributed by atoms with van der Waals surface area (Å²) >= 11 is 4.34. The van der Waals surface area contributed by atoms with Crippen molar-refractivity contribution >= 4 is 23.3 Å². The van der Waals surface area contributed by atoms with Gasteiger partial charge in [0.05, 0.1) is 17.6 Å². The first kappa shape index (κ1) is 9.27. The molecule has 56 valence electrons. The minimum Gasteiger partial charge on any atom is -0.481 e. The number of thiocarbonyl (C=S) groups is 1. The summed E-state index contributed by atoms with van der Waals surface area (Å²) in [5.74, 6) is -0.846. The fourth-order valence-corrected chi connectivity index (χ4v) is 0.706. The monoisotopic (exact) mass is 159 g/mol. The Hall–Kier alpha value is -0.730. The Labute approximate surface area is 64.8 Å². The topological polar surface area (TPSA) is 49.7 Å². The molecule has 0 aliphatic carbocycles. The van der Waals surface area contributed by atoms with Crippen molar-refractivity contribution in [2.45, 2.75) is 25.8 Å². The fourth-order valence-electron chi connectivity index (χ4n) is 0.557. The number of carbonyl (C=O) groups is 1. The SMILES string of the molecule is CCC(CC(=O)O)N=C=S. The molecule has 0 aliphatic heterocycles. The summed E-state index contributed by atoms with van der Waals surface area (Å²) in [6.07, 6.45) is 0.732. The zero-order chi connectivity index (χ0) is 7.98. The van der Waals surface area contributed by atoms with Gasteiger partial charge in [0.2, 0.25) is 0 Å². The van der Waals surface area contributed by atoms with E-state index in [9.17, 15) is 4.79 Å². The van der Waals surface area contributed by atoms with Crippen LogP contribution in [0.2, 0.25) is 0 Å². The van der Waals surface area contributed by atoms with Crippen LogP contribution in [0.1, 0.15) is 19.8 Å². The van der Waals surface area contributed by atoms with Crippen molar-refractivity contribution < 1.29 is 9.90 Å². The van der Waals surface area contributed by atoms with Crippen LogP contribution in [0.3, 0.4) is 0 Å². The van der Waals surface area contributed by atoms with Gasteiger partial charge in [-0.25, -0.2) is 4.99 Å². The van der Waals surface area contributed by atoms with Crippen molar-refractivity contribution in [3.63, 3.8) is 0 Å². The van der Waals surface area contributed by atoms with Gasteiger partial charge in [0, 0.05) is 0 Å². The average Bonchev–Trinajstić information content (AvgIpc) is 1.86. The Bertz CT molecular complexity index is 163. The predicted octanol–water partition coefficient (Wildman–Crippen LogP) is 1.34. The second-order valence-corrected chi connectivity index (χ2v) is 2.06. The number of rotatable bonds is 4. The lowest BCUT2D eigenvalue weighted by Crippen LogP contribution is -2.09. The normalized spacial score (nSPS) is 11.7. The van der Waals surface area contributed by atoms with E-state index in [-0.39, 0.29) is 12.5 Å². The molecule has 0 saturated carbocycles. The molecule has 10 heavy (non-hydrogen) atoms. The first-order valence-electron chi connectivity index (χ1n) is 2.99. The van der Waals surface area contributed by atoms with Gasteiger partial charge in [-0.15, -0.1) is 0 Å². The van der Waals surface area contributed by atoms with Gasteiger partial charge in [-0.2, -0.15) is 0 Å². The number of isothiocyanates is 1. The molecule has 4 heteroatoms. The number of aliphatic carboxylic acids is 1. The van der Waals surface area contributed by atoms with E-state index in [0.717, 1.165) is 0 Å². The summed E-state index contributed by atoms with van der Waals surface area (Å²) < 4.78 is 0. The summed E-state index contributed by atoms with van der Waals surface area (Å²) in [5, 5.41) is 10.5. The van der Waals surface area contributed by atoms with Crippen LogP contribution < -0.4 is 0 Å². The maximum absolute atomic E-state index is 10.1. The van der Waals surface area contributed by atoms with Gasteiger partial charge >= 0.3 is 5.97 Å². The minimum atomic E-state index is -0.846. The standard InChI is InChI=1S/C6H9NO2S/c1-2-5(7-4-10)3-6(8)9/h5H,2-3H2,1H3,(H,8,9). The maximum Gasteiger partial charge on any atom is 0.305 e. The quantitative estimate of drug-likeness (QED) is 0.497. The molecular weight excluding hydrogens is 150 g/mol. The zero-order valence-corrected chi connectivity index (χ0v) is 6.52.